The maximum absolute atomic E-state index is 11.9. The molecule has 1 saturated heterocycles. The molecule has 4 heteroatoms. The van der Waals surface area contributed by atoms with E-state index in [9.17, 15) is 4.79 Å². The number of nitrogens with zero attached hydrogens (tertiary/aromatic N) is 1. The molecular formula is C10H19N3O. The molecule has 2 aliphatic rings. The number of carbonyl (C=O) groups is 1. The first-order chi connectivity index (χ1) is 6.81. The van der Waals surface area contributed by atoms with Crippen LogP contribution in [0.15, 0.2) is 0 Å². The van der Waals surface area contributed by atoms with Crippen LogP contribution in [0.2, 0.25) is 0 Å². The van der Waals surface area contributed by atoms with Gasteiger partial charge in [0.1, 0.15) is 0 Å². The number of hydrogen-bond acceptors (Lipinski definition) is 3. The average molecular weight is 197 g/mol. The largest absolute Gasteiger partial charge is 0.336 e. The van der Waals surface area contributed by atoms with Crippen LogP contribution in [-0.4, -0.2) is 43.0 Å². The van der Waals surface area contributed by atoms with Crippen molar-refractivity contribution in [3.8, 4) is 0 Å². The molecule has 0 bridgehead atoms. The van der Waals surface area contributed by atoms with E-state index in [1.54, 1.807) is 0 Å². The van der Waals surface area contributed by atoms with Gasteiger partial charge in [0, 0.05) is 32.6 Å². The zero-order valence-corrected chi connectivity index (χ0v) is 8.54. The Balaban J connectivity index is 1.87. The lowest BCUT2D eigenvalue weighted by molar-refractivity contribution is -0.134. The summed E-state index contributed by atoms with van der Waals surface area (Å²) in [5.74, 6) is 0.986. The molecule has 4 nitrogen and oxygen atoms in total. The molecule has 1 unspecified atom stereocenters. The Hall–Kier alpha value is -0.610. The van der Waals surface area contributed by atoms with Crippen LogP contribution in [0.25, 0.3) is 0 Å². The van der Waals surface area contributed by atoms with Crippen LogP contribution >= 0.6 is 0 Å². The van der Waals surface area contributed by atoms with E-state index in [0.717, 1.165) is 26.1 Å². The molecule has 1 aliphatic carbocycles. The molecule has 14 heavy (non-hydrogen) atoms. The number of hydrogen-bond donors (Lipinski definition) is 2. The minimum Gasteiger partial charge on any atom is -0.336 e. The van der Waals surface area contributed by atoms with Gasteiger partial charge < -0.3 is 16.0 Å². The van der Waals surface area contributed by atoms with E-state index >= 15 is 0 Å². The number of nitrogens with two attached hydrogens (primary N) is 1. The third-order valence-electron chi connectivity index (χ3n) is 3.10. The fraction of sp³-hybridized carbons (Fsp3) is 0.900. The molecule has 1 heterocycles. The van der Waals surface area contributed by atoms with Gasteiger partial charge in [-0.1, -0.05) is 0 Å². The smallest absolute Gasteiger partial charge is 0.223 e. The monoisotopic (exact) mass is 197 g/mol. The van der Waals surface area contributed by atoms with E-state index in [4.69, 9.17) is 5.73 Å². The van der Waals surface area contributed by atoms with Crippen molar-refractivity contribution in [1.29, 1.82) is 0 Å². The fourth-order valence-electron chi connectivity index (χ4n) is 1.99. The second kappa shape index (κ2) is 4.28. The molecule has 0 radical (unpaired) electrons. The minimum atomic E-state index is 0.218. The second-order valence-electron chi connectivity index (χ2n) is 4.33. The van der Waals surface area contributed by atoms with Gasteiger partial charge in [-0.05, 0) is 18.8 Å². The highest BCUT2D eigenvalue weighted by Gasteiger charge is 2.30. The Morgan fingerprint density at radius 1 is 1.50 bits per heavy atom. The van der Waals surface area contributed by atoms with E-state index in [0.29, 0.717) is 18.4 Å². The standard InChI is InChI=1S/C10H19N3O/c11-6-9-7-12-3-4-13(9)10(14)5-8-1-2-8/h8-9,12H,1-7,11H2. The lowest BCUT2D eigenvalue weighted by Crippen LogP contribution is -2.56. The molecule has 2 fully saturated rings. The van der Waals surface area contributed by atoms with Crippen LogP contribution in [0.4, 0.5) is 0 Å². The average Bonchev–Trinajstić information content (AvgIpc) is 3.01. The van der Waals surface area contributed by atoms with Gasteiger partial charge in [0.2, 0.25) is 5.91 Å². The SMILES string of the molecule is NCC1CNCCN1C(=O)CC1CC1. The molecule has 1 saturated carbocycles. The Kier molecular flexibility index (Phi) is 3.03. The summed E-state index contributed by atoms with van der Waals surface area (Å²) in [6.45, 7) is 3.16. The van der Waals surface area contributed by atoms with E-state index in [1.165, 1.54) is 12.8 Å². The maximum Gasteiger partial charge on any atom is 0.223 e. The van der Waals surface area contributed by atoms with Gasteiger partial charge in [-0.25, -0.2) is 0 Å². The molecule has 0 spiro atoms. The Morgan fingerprint density at radius 2 is 2.29 bits per heavy atom. The molecule has 0 aromatic heterocycles. The number of rotatable bonds is 3. The van der Waals surface area contributed by atoms with Crippen LogP contribution in [0.3, 0.4) is 0 Å². The molecule has 1 amide bonds. The summed E-state index contributed by atoms with van der Waals surface area (Å²) in [5.41, 5.74) is 5.64. The fourth-order valence-corrected chi connectivity index (χ4v) is 1.99. The van der Waals surface area contributed by atoms with Crippen molar-refractivity contribution in [1.82, 2.24) is 10.2 Å². The number of amides is 1. The quantitative estimate of drug-likeness (QED) is 0.644. The lowest BCUT2D eigenvalue weighted by atomic mass is 10.1. The third kappa shape index (κ3) is 2.25. The van der Waals surface area contributed by atoms with Crippen LogP contribution < -0.4 is 11.1 Å². The van der Waals surface area contributed by atoms with E-state index in [-0.39, 0.29) is 6.04 Å². The van der Waals surface area contributed by atoms with Gasteiger partial charge >= 0.3 is 0 Å². The summed E-state index contributed by atoms with van der Waals surface area (Å²) in [7, 11) is 0. The summed E-state index contributed by atoms with van der Waals surface area (Å²) < 4.78 is 0. The topological polar surface area (TPSA) is 58.4 Å². The molecule has 1 atom stereocenters. The van der Waals surface area contributed by atoms with E-state index < -0.39 is 0 Å². The highest BCUT2D eigenvalue weighted by atomic mass is 16.2. The number of nitrogens with one attached hydrogen (secondary N) is 1. The number of piperazine rings is 1. The molecule has 3 N–H and O–H groups in total. The summed E-state index contributed by atoms with van der Waals surface area (Å²) in [4.78, 5) is 13.8. The van der Waals surface area contributed by atoms with Crippen molar-refractivity contribution in [3.05, 3.63) is 0 Å². The van der Waals surface area contributed by atoms with Gasteiger partial charge in [0.05, 0.1) is 6.04 Å². The maximum atomic E-state index is 11.9. The Morgan fingerprint density at radius 3 is 2.93 bits per heavy atom. The molecule has 0 aromatic carbocycles. The molecular weight excluding hydrogens is 178 g/mol. The first-order valence-electron chi connectivity index (χ1n) is 5.51. The van der Waals surface area contributed by atoms with Crippen molar-refractivity contribution in [2.24, 2.45) is 11.7 Å². The van der Waals surface area contributed by atoms with Crippen LogP contribution in [-0.2, 0) is 4.79 Å². The zero-order valence-electron chi connectivity index (χ0n) is 8.54. The Bertz CT molecular complexity index is 215. The molecule has 80 valence electrons. The van der Waals surface area contributed by atoms with E-state index in [2.05, 4.69) is 5.32 Å². The van der Waals surface area contributed by atoms with Gasteiger partial charge in [0.25, 0.3) is 0 Å². The van der Waals surface area contributed by atoms with Crippen LogP contribution in [0.5, 0.6) is 0 Å². The number of carbonyl (C=O) groups excluding carboxylic acids is 1. The third-order valence-corrected chi connectivity index (χ3v) is 3.10. The van der Waals surface area contributed by atoms with Crippen LogP contribution in [0.1, 0.15) is 19.3 Å². The predicted molar refractivity (Wildman–Crippen MR) is 54.8 cm³/mol. The van der Waals surface area contributed by atoms with Crippen molar-refractivity contribution in [2.75, 3.05) is 26.2 Å². The van der Waals surface area contributed by atoms with Crippen LogP contribution in [0, 0.1) is 5.92 Å². The van der Waals surface area contributed by atoms with Crippen molar-refractivity contribution in [2.45, 2.75) is 25.3 Å². The highest BCUT2D eigenvalue weighted by molar-refractivity contribution is 5.77. The first-order valence-corrected chi connectivity index (χ1v) is 5.51. The van der Waals surface area contributed by atoms with E-state index in [1.807, 2.05) is 4.90 Å². The summed E-state index contributed by atoms with van der Waals surface area (Å²) >= 11 is 0. The second-order valence-corrected chi connectivity index (χ2v) is 4.33. The van der Waals surface area contributed by atoms with Gasteiger partial charge in [-0.2, -0.15) is 0 Å². The van der Waals surface area contributed by atoms with Crippen molar-refractivity contribution >= 4 is 5.91 Å². The highest BCUT2D eigenvalue weighted by Crippen LogP contribution is 2.33. The lowest BCUT2D eigenvalue weighted by Gasteiger charge is -2.35. The predicted octanol–water partition coefficient (Wildman–Crippen LogP) is -0.454. The summed E-state index contributed by atoms with van der Waals surface area (Å²) in [5, 5.41) is 3.27. The molecule has 1 aliphatic heterocycles. The molecule has 2 rings (SSSR count). The van der Waals surface area contributed by atoms with Crippen molar-refractivity contribution < 1.29 is 4.79 Å². The van der Waals surface area contributed by atoms with Gasteiger partial charge in [-0.15, -0.1) is 0 Å². The normalized spacial score (nSPS) is 27.8. The first kappa shape index (κ1) is 9.93. The molecule has 0 aromatic rings. The summed E-state index contributed by atoms with van der Waals surface area (Å²) in [6.07, 6.45) is 3.23. The Labute approximate surface area is 84.8 Å². The summed E-state index contributed by atoms with van der Waals surface area (Å²) in [6, 6.07) is 0.218. The minimum absolute atomic E-state index is 0.218. The zero-order chi connectivity index (χ0) is 9.97. The van der Waals surface area contributed by atoms with Gasteiger partial charge in [-0.3, -0.25) is 4.79 Å². The van der Waals surface area contributed by atoms with Gasteiger partial charge in [0.15, 0.2) is 0 Å². The van der Waals surface area contributed by atoms with Crippen molar-refractivity contribution in [3.63, 3.8) is 0 Å².